The van der Waals surface area contributed by atoms with Crippen LogP contribution >= 0.6 is 0 Å². The zero-order valence-electron chi connectivity index (χ0n) is 12.6. The van der Waals surface area contributed by atoms with E-state index in [-0.39, 0.29) is 0 Å². The third-order valence-corrected chi connectivity index (χ3v) is 3.52. The van der Waals surface area contributed by atoms with Crippen molar-refractivity contribution < 1.29 is 4.74 Å². The molecule has 2 N–H and O–H groups in total. The minimum absolute atomic E-state index is 0.572. The molecule has 0 amide bonds. The molecular formula is C17H22N2O. The molecule has 3 nitrogen and oxygen atoms in total. The van der Waals surface area contributed by atoms with Gasteiger partial charge in [-0.25, -0.2) is 0 Å². The molecule has 0 aromatic heterocycles. The fourth-order valence-electron chi connectivity index (χ4n) is 2.24. The SMILES string of the molecule is CNc1ccc(OCc2c(C)cccc2NC)c(C)c1. The third kappa shape index (κ3) is 3.05. The number of aryl methyl sites for hydroxylation is 2. The van der Waals surface area contributed by atoms with Crippen molar-refractivity contribution in [3.05, 3.63) is 53.1 Å². The van der Waals surface area contributed by atoms with Gasteiger partial charge in [0.15, 0.2) is 0 Å². The molecule has 0 aliphatic heterocycles. The van der Waals surface area contributed by atoms with Crippen molar-refractivity contribution in [1.82, 2.24) is 0 Å². The predicted molar refractivity (Wildman–Crippen MR) is 85.8 cm³/mol. The lowest BCUT2D eigenvalue weighted by Gasteiger charge is -2.15. The number of hydrogen-bond donors (Lipinski definition) is 2. The predicted octanol–water partition coefficient (Wildman–Crippen LogP) is 3.97. The second kappa shape index (κ2) is 6.33. The molecule has 0 atom stereocenters. The zero-order valence-corrected chi connectivity index (χ0v) is 12.6. The molecular weight excluding hydrogens is 248 g/mol. The van der Waals surface area contributed by atoms with E-state index in [1.807, 2.05) is 26.2 Å². The Bertz CT molecular complexity index is 594. The van der Waals surface area contributed by atoms with Crippen LogP contribution in [0.5, 0.6) is 5.75 Å². The standard InChI is InChI=1S/C17H22N2O/c1-12-6-5-7-16(19-4)15(12)11-20-17-9-8-14(18-3)10-13(17)2/h5-10,18-19H,11H2,1-4H3. The van der Waals surface area contributed by atoms with Gasteiger partial charge in [0.05, 0.1) is 0 Å². The van der Waals surface area contributed by atoms with Crippen molar-refractivity contribution in [2.24, 2.45) is 0 Å². The molecule has 0 aliphatic rings. The first-order valence-electron chi connectivity index (χ1n) is 6.83. The smallest absolute Gasteiger partial charge is 0.122 e. The molecule has 0 saturated carbocycles. The monoisotopic (exact) mass is 270 g/mol. The first-order chi connectivity index (χ1) is 9.65. The highest BCUT2D eigenvalue weighted by molar-refractivity contribution is 5.54. The molecule has 0 aliphatic carbocycles. The van der Waals surface area contributed by atoms with Gasteiger partial charge in [-0.15, -0.1) is 0 Å². The number of nitrogens with one attached hydrogen (secondary N) is 2. The third-order valence-electron chi connectivity index (χ3n) is 3.52. The Morgan fingerprint density at radius 3 is 2.40 bits per heavy atom. The summed E-state index contributed by atoms with van der Waals surface area (Å²) in [4.78, 5) is 0. The number of hydrogen-bond acceptors (Lipinski definition) is 3. The Hall–Kier alpha value is -2.16. The van der Waals surface area contributed by atoms with E-state index in [1.54, 1.807) is 0 Å². The first-order valence-corrected chi connectivity index (χ1v) is 6.83. The number of anilines is 2. The molecule has 0 saturated heterocycles. The number of benzene rings is 2. The van der Waals surface area contributed by atoms with Crippen LogP contribution in [0.3, 0.4) is 0 Å². The van der Waals surface area contributed by atoms with Crippen molar-refractivity contribution in [3.63, 3.8) is 0 Å². The Morgan fingerprint density at radius 2 is 1.75 bits per heavy atom. The maximum Gasteiger partial charge on any atom is 0.122 e. The molecule has 0 heterocycles. The minimum Gasteiger partial charge on any atom is -0.489 e. The van der Waals surface area contributed by atoms with Crippen molar-refractivity contribution in [2.45, 2.75) is 20.5 Å². The van der Waals surface area contributed by atoms with E-state index in [1.165, 1.54) is 11.1 Å². The molecule has 3 heteroatoms. The summed E-state index contributed by atoms with van der Waals surface area (Å²) < 4.78 is 5.98. The van der Waals surface area contributed by atoms with Crippen LogP contribution in [0.2, 0.25) is 0 Å². The van der Waals surface area contributed by atoms with Gasteiger partial charge < -0.3 is 15.4 Å². The van der Waals surface area contributed by atoms with Gasteiger partial charge >= 0.3 is 0 Å². The van der Waals surface area contributed by atoms with Crippen LogP contribution < -0.4 is 15.4 Å². The fraction of sp³-hybridized carbons (Fsp3) is 0.294. The lowest BCUT2D eigenvalue weighted by Crippen LogP contribution is -2.03. The normalized spacial score (nSPS) is 10.2. The van der Waals surface area contributed by atoms with E-state index in [0.717, 1.165) is 22.7 Å². The van der Waals surface area contributed by atoms with E-state index in [2.05, 4.69) is 48.7 Å². The minimum atomic E-state index is 0.572. The van der Waals surface area contributed by atoms with E-state index < -0.39 is 0 Å². The van der Waals surface area contributed by atoms with Crippen LogP contribution in [0.4, 0.5) is 11.4 Å². The molecule has 2 rings (SSSR count). The summed E-state index contributed by atoms with van der Waals surface area (Å²) in [6.45, 7) is 4.74. The molecule has 2 aromatic rings. The van der Waals surface area contributed by atoms with E-state index >= 15 is 0 Å². The van der Waals surface area contributed by atoms with Crippen molar-refractivity contribution in [1.29, 1.82) is 0 Å². The summed E-state index contributed by atoms with van der Waals surface area (Å²) in [5.41, 5.74) is 5.79. The molecule has 2 aromatic carbocycles. The van der Waals surface area contributed by atoms with Crippen molar-refractivity contribution >= 4 is 11.4 Å². The van der Waals surface area contributed by atoms with Gasteiger partial charge in [-0.2, -0.15) is 0 Å². The summed E-state index contributed by atoms with van der Waals surface area (Å²) >= 11 is 0. The summed E-state index contributed by atoms with van der Waals surface area (Å²) in [6.07, 6.45) is 0. The van der Waals surface area contributed by atoms with Crippen LogP contribution in [0.15, 0.2) is 36.4 Å². The van der Waals surface area contributed by atoms with Gasteiger partial charge in [-0.05, 0) is 49.2 Å². The Labute approximate surface area is 121 Å². The quantitative estimate of drug-likeness (QED) is 0.862. The van der Waals surface area contributed by atoms with Gasteiger partial charge in [0.2, 0.25) is 0 Å². The number of rotatable bonds is 5. The lowest BCUT2D eigenvalue weighted by atomic mass is 10.1. The van der Waals surface area contributed by atoms with Gasteiger partial charge in [-0.3, -0.25) is 0 Å². The molecule has 0 fully saturated rings. The Morgan fingerprint density at radius 1 is 0.950 bits per heavy atom. The largest absolute Gasteiger partial charge is 0.489 e. The zero-order chi connectivity index (χ0) is 14.5. The van der Waals surface area contributed by atoms with Gasteiger partial charge in [0.1, 0.15) is 12.4 Å². The second-order valence-corrected chi connectivity index (χ2v) is 4.87. The average molecular weight is 270 g/mol. The summed E-state index contributed by atoms with van der Waals surface area (Å²) in [5, 5.41) is 6.35. The average Bonchev–Trinajstić information content (AvgIpc) is 2.46. The maximum atomic E-state index is 5.98. The second-order valence-electron chi connectivity index (χ2n) is 4.87. The molecule has 106 valence electrons. The molecule has 0 radical (unpaired) electrons. The van der Waals surface area contributed by atoms with Crippen molar-refractivity contribution in [2.75, 3.05) is 24.7 Å². The lowest BCUT2D eigenvalue weighted by molar-refractivity contribution is 0.304. The summed E-state index contributed by atoms with van der Waals surface area (Å²) in [7, 11) is 3.85. The molecule has 0 bridgehead atoms. The summed E-state index contributed by atoms with van der Waals surface area (Å²) in [5.74, 6) is 0.925. The highest BCUT2D eigenvalue weighted by Crippen LogP contribution is 2.25. The van der Waals surface area contributed by atoms with Crippen molar-refractivity contribution in [3.8, 4) is 5.75 Å². The Balaban J connectivity index is 2.17. The van der Waals surface area contributed by atoms with Gasteiger partial charge in [0.25, 0.3) is 0 Å². The van der Waals surface area contributed by atoms with Crippen LogP contribution in [0.1, 0.15) is 16.7 Å². The van der Waals surface area contributed by atoms with E-state index in [4.69, 9.17) is 4.74 Å². The molecule has 0 spiro atoms. The highest BCUT2D eigenvalue weighted by atomic mass is 16.5. The van der Waals surface area contributed by atoms with Crippen LogP contribution in [0.25, 0.3) is 0 Å². The van der Waals surface area contributed by atoms with E-state index in [9.17, 15) is 0 Å². The summed E-state index contributed by atoms with van der Waals surface area (Å²) in [6, 6.07) is 12.4. The Kier molecular flexibility index (Phi) is 4.51. The van der Waals surface area contributed by atoms with Gasteiger partial charge in [0, 0.05) is 31.0 Å². The van der Waals surface area contributed by atoms with Crippen LogP contribution in [-0.2, 0) is 6.61 Å². The fourth-order valence-corrected chi connectivity index (χ4v) is 2.24. The molecule has 20 heavy (non-hydrogen) atoms. The molecule has 0 unspecified atom stereocenters. The van der Waals surface area contributed by atoms with E-state index in [0.29, 0.717) is 6.61 Å². The maximum absolute atomic E-state index is 5.98. The van der Waals surface area contributed by atoms with Crippen LogP contribution in [-0.4, -0.2) is 14.1 Å². The topological polar surface area (TPSA) is 33.3 Å². The van der Waals surface area contributed by atoms with Crippen LogP contribution in [0, 0.1) is 13.8 Å². The highest BCUT2D eigenvalue weighted by Gasteiger charge is 2.07. The number of ether oxygens (including phenoxy) is 1. The first kappa shape index (κ1) is 14.3. The van der Waals surface area contributed by atoms with Gasteiger partial charge in [-0.1, -0.05) is 12.1 Å².